The monoisotopic (exact) mass is 358 g/mol. The molecule has 5 rings (SSSR count). The third-order valence-electron chi connectivity index (χ3n) is 6.42. The van der Waals surface area contributed by atoms with Gasteiger partial charge in [-0.25, -0.2) is 9.55 Å². The number of imidazole rings is 1. The molecule has 1 fully saturated rings. The van der Waals surface area contributed by atoms with Crippen molar-refractivity contribution in [2.75, 3.05) is 0 Å². The predicted octanol–water partition coefficient (Wildman–Crippen LogP) is 4.99. The fourth-order valence-electron chi connectivity index (χ4n) is 4.92. The second-order valence-corrected chi connectivity index (χ2v) is 8.35. The number of fused-ring (bicyclic) bond motifs is 3. The summed E-state index contributed by atoms with van der Waals surface area (Å²) in [6.45, 7) is 2.21. The lowest BCUT2D eigenvalue weighted by Crippen LogP contribution is -2.31. The van der Waals surface area contributed by atoms with Crippen LogP contribution in [0.4, 0.5) is 0 Å². The maximum Gasteiger partial charge on any atom is 0.215 e. The molecule has 2 aliphatic rings. The lowest BCUT2D eigenvalue weighted by atomic mass is 9.85. The molecule has 1 aromatic carbocycles. The first-order valence-corrected chi connectivity index (χ1v) is 10.4. The van der Waals surface area contributed by atoms with E-state index in [2.05, 4.69) is 65.8 Å². The minimum Gasteiger partial charge on any atom is -0.303 e. The molecule has 3 heterocycles. The van der Waals surface area contributed by atoms with Gasteiger partial charge in [0.15, 0.2) is 6.20 Å². The number of pyridine rings is 1. The van der Waals surface area contributed by atoms with Crippen LogP contribution in [0.1, 0.15) is 49.1 Å². The van der Waals surface area contributed by atoms with Gasteiger partial charge >= 0.3 is 0 Å². The van der Waals surface area contributed by atoms with Crippen molar-refractivity contribution < 1.29 is 4.57 Å². The van der Waals surface area contributed by atoms with Gasteiger partial charge in [0, 0.05) is 24.8 Å². The standard InChI is InChI=1S/C24H28N3/c1-17-10-11-20-24(25-22-9-6-13-27(20)22)23(17)21-16-19(12-14-26(21)2)15-18-7-4-3-5-8-18/h6,10-14,16,18H,3-5,7-9,15H2,1-2H3/q+1. The molecule has 3 nitrogen and oxygen atoms in total. The largest absolute Gasteiger partial charge is 0.303 e. The van der Waals surface area contributed by atoms with Crippen LogP contribution in [0.15, 0.2) is 36.5 Å². The van der Waals surface area contributed by atoms with Crippen molar-refractivity contribution in [1.82, 2.24) is 9.55 Å². The van der Waals surface area contributed by atoms with Gasteiger partial charge in [0.05, 0.1) is 11.1 Å². The van der Waals surface area contributed by atoms with Crippen molar-refractivity contribution in [2.24, 2.45) is 13.0 Å². The topological polar surface area (TPSA) is 21.7 Å². The van der Waals surface area contributed by atoms with Gasteiger partial charge in [-0.3, -0.25) is 0 Å². The highest BCUT2D eigenvalue weighted by Crippen LogP contribution is 2.33. The second kappa shape index (κ2) is 6.63. The molecule has 3 aromatic rings. The lowest BCUT2D eigenvalue weighted by Gasteiger charge is -2.21. The zero-order valence-corrected chi connectivity index (χ0v) is 16.4. The quantitative estimate of drug-likeness (QED) is 0.605. The smallest absolute Gasteiger partial charge is 0.215 e. The molecule has 0 spiro atoms. The lowest BCUT2D eigenvalue weighted by molar-refractivity contribution is -0.660. The number of aryl methyl sites for hydroxylation is 2. The summed E-state index contributed by atoms with van der Waals surface area (Å²) in [5.41, 5.74) is 7.70. The Kier molecular flexibility index (Phi) is 4.11. The van der Waals surface area contributed by atoms with E-state index in [0.29, 0.717) is 0 Å². The number of rotatable bonds is 3. The minimum absolute atomic E-state index is 0.859. The Labute approximate surface area is 161 Å². The first-order valence-electron chi connectivity index (χ1n) is 10.4. The van der Waals surface area contributed by atoms with Gasteiger partial charge in [-0.05, 0) is 36.5 Å². The molecule has 0 bridgehead atoms. The second-order valence-electron chi connectivity index (χ2n) is 8.35. The molecule has 0 amide bonds. The Morgan fingerprint density at radius 2 is 2.00 bits per heavy atom. The number of aromatic nitrogens is 3. The number of hydrogen-bond donors (Lipinski definition) is 0. The fourth-order valence-corrected chi connectivity index (χ4v) is 4.92. The highest BCUT2D eigenvalue weighted by Gasteiger charge is 2.23. The Morgan fingerprint density at radius 1 is 1.15 bits per heavy atom. The predicted molar refractivity (Wildman–Crippen MR) is 110 cm³/mol. The Morgan fingerprint density at radius 3 is 2.85 bits per heavy atom. The van der Waals surface area contributed by atoms with Crippen molar-refractivity contribution in [3.05, 3.63) is 53.5 Å². The van der Waals surface area contributed by atoms with Crippen LogP contribution in [0.5, 0.6) is 0 Å². The van der Waals surface area contributed by atoms with E-state index < -0.39 is 0 Å². The SMILES string of the molecule is Cc1ccc2c(nc3n2C=CC3)c1-c1cc(CC2CCCCC2)cc[n+]1C. The molecule has 0 radical (unpaired) electrons. The van der Waals surface area contributed by atoms with E-state index in [1.165, 1.54) is 66.4 Å². The van der Waals surface area contributed by atoms with E-state index in [-0.39, 0.29) is 0 Å². The third-order valence-corrected chi connectivity index (χ3v) is 6.42. The summed E-state index contributed by atoms with van der Waals surface area (Å²) in [4.78, 5) is 5.00. The minimum atomic E-state index is 0.859. The third kappa shape index (κ3) is 2.90. The summed E-state index contributed by atoms with van der Waals surface area (Å²) in [5, 5.41) is 0. The number of benzene rings is 1. The van der Waals surface area contributed by atoms with Gasteiger partial charge in [-0.2, -0.15) is 0 Å². The summed E-state index contributed by atoms with van der Waals surface area (Å²) in [6.07, 6.45) is 15.7. The molecule has 138 valence electrons. The van der Waals surface area contributed by atoms with Gasteiger partial charge in [0.2, 0.25) is 5.69 Å². The average Bonchev–Trinajstić information content (AvgIpc) is 3.26. The van der Waals surface area contributed by atoms with Crippen molar-refractivity contribution in [2.45, 2.75) is 51.9 Å². The molecule has 0 N–H and O–H groups in total. The van der Waals surface area contributed by atoms with E-state index in [1.54, 1.807) is 0 Å². The molecule has 1 aliphatic carbocycles. The maximum absolute atomic E-state index is 5.00. The molecule has 1 aliphatic heterocycles. The van der Waals surface area contributed by atoms with E-state index in [4.69, 9.17) is 4.98 Å². The van der Waals surface area contributed by atoms with Crippen LogP contribution in [-0.2, 0) is 19.9 Å². The Hall–Kier alpha value is -2.42. The van der Waals surface area contributed by atoms with E-state index in [0.717, 1.165) is 23.7 Å². The highest BCUT2D eigenvalue weighted by molar-refractivity contribution is 5.94. The zero-order valence-electron chi connectivity index (χ0n) is 16.4. The highest BCUT2D eigenvalue weighted by atomic mass is 15.1. The van der Waals surface area contributed by atoms with Crippen molar-refractivity contribution >= 4 is 17.2 Å². The van der Waals surface area contributed by atoms with Crippen molar-refractivity contribution in [3.8, 4) is 11.3 Å². The van der Waals surface area contributed by atoms with Crippen LogP contribution in [0.3, 0.4) is 0 Å². The number of allylic oxidation sites excluding steroid dienone is 1. The summed E-state index contributed by atoms with van der Waals surface area (Å²) < 4.78 is 4.50. The average molecular weight is 359 g/mol. The van der Waals surface area contributed by atoms with Gasteiger partial charge in [0.1, 0.15) is 18.4 Å². The summed E-state index contributed by atoms with van der Waals surface area (Å²) in [5.74, 6) is 2.01. The van der Waals surface area contributed by atoms with Gasteiger partial charge in [0.25, 0.3) is 0 Å². The van der Waals surface area contributed by atoms with Gasteiger partial charge in [-0.15, -0.1) is 0 Å². The van der Waals surface area contributed by atoms with Crippen molar-refractivity contribution in [3.63, 3.8) is 0 Å². The van der Waals surface area contributed by atoms with Crippen LogP contribution < -0.4 is 4.57 Å². The summed E-state index contributed by atoms with van der Waals surface area (Å²) in [6, 6.07) is 9.18. The van der Waals surface area contributed by atoms with Crippen LogP contribution in [0, 0.1) is 12.8 Å². The molecule has 2 aromatic heterocycles. The first kappa shape index (κ1) is 16.7. The van der Waals surface area contributed by atoms with Crippen LogP contribution >= 0.6 is 0 Å². The molecule has 1 saturated carbocycles. The normalized spacial score (nSPS) is 17.0. The first-order chi connectivity index (χ1) is 13.2. The van der Waals surface area contributed by atoms with Crippen LogP contribution in [-0.4, -0.2) is 9.55 Å². The Bertz CT molecular complexity index is 1040. The molecule has 0 unspecified atom stereocenters. The maximum atomic E-state index is 5.00. The van der Waals surface area contributed by atoms with Crippen molar-refractivity contribution in [1.29, 1.82) is 0 Å². The Balaban J connectivity index is 1.61. The summed E-state index contributed by atoms with van der Waals surface area (Å²) >= 11 is 0. The molecule has 27 heavy (non-hydrogen) atoms. The fraction of sp³-hybridized carbons (Fsp3) is 0.417. The summed E-state index contributed by atoms with van der Waals surface area (Å²) in [7, 11) is 2.15. The van der Waals surface area contributed by atoms with Gasteiger partial charge in [-0.1, -0.05) is 44.2 Å². The molecule has 0 saturated heterocycles. The van der Waals surface area contributed by atoms with E-state index in [1.807, 2.05) is 0 Å². The van der Waals surface area contributed by atoms with Crippen LogP contribution in [0.25, 0.3) is 28.5 Å². The molecule has 0 atom stereocenters. The zero-order chi connectivity index (χ0) is 18.4. The number of hydrogen-bond acceptors (Lipinski definition) is 1. The van der Waals surface area contributed by atoms with Crippen LogP contribution in [0.2, 0.25) is 0 Å². The molecule has 3 heteroatoms. The number of nitrogens with zero attached hydrogens (tertiary/aromatic N) is 3. The molecular formula is C24H28N3+. The van der Waals surface area contributed by atoms with E-state index >= 15 is 0 Å². The molecular weight excluding hydrogens is 330 g/mol. The van der Waals surface area contributed by atoms with Gasteiger partial charge < -0.3 is 4.57 Å². The van der Waals surface area contributed by atoms with E-state index in [9.17, 15) is 0 Å².